The molecule has 0 aliphatic heterocycles. The maximum Gasteiger partial charge on any atom is 0.131 e. The second-order valence-electron chi connectivity index (χ2n) is 11.9. The number of hydrogen-bond donors (Lipinski definition) is 0. The summed E-state index contributed by atoms with van der Waals surface area (Å²) >= 11 is 6.73. The number of halogens is 2. The molecule has 0 fully saturated rings. The highest BCUT2D eigenvalue weighted by atomic mass is 35.5. The van der Waals surface area contributed by atoms with Crippen LogP contribution in [0, 0.1) is 5.82 Å². The fourth-order valence-electron chi connectivity index (χ4n) is 6.91. The summed E-state index contributed by atoms with van der Waals surface area (Å²) in [5, 5.41) is 0.819. The maximum atomic E-state index is 14.6. The largest absolute Gasteiger partial charge is 0.306 e. The van der Waals surface area contributed by atoms with Crippen LogP contribution in [0.15, 0.2) is 78.9 Å². The van der Waals surface area contributed by atoms with Crippen molar-refractivity contribution in [2.75, 3.05) is 21.1 Å². The van der Waals surface area contributed by atoms with Crippen molar-refractivity contribution in [3.05, 3.63) is 118 Å². The Kier molecular flexibility index (Phi) is 7.81. The first-order valence-corrected chi connectivity index (χ1v) is 14.9. The van der Waals surface area contributed by atoms with Crippen LogP contribution in [0.3, 0.4) is 0 Å². The van der Waals surface area contributed by atoms with Gasteiger partial charge in [-0.15, -0.1) is 0 Å². The molecule has 0 saturated carbocycles. The van der Waals surface area contributed by atoms with Gasteiger partial charge in [0.05, 0.1) is 0 Å². The lowest BCUT2D eigenvalue weighted by molar-refractivity contribution is 0.214. The molecular formula is C36H38ClFN2. The van der Waals surface area contributed by atoms with Crippen LogP contribution in [0.2, 0.25) is 5.02 Å². The third kappa shape index (κ3) is 5.35. The van der Waals surface area contributed by atoms with Crippen LogP contribution in [0.4, 0.5) is 4.39 Å². The van der Waals surface area contributed by atoms with Crippen molar-refractivity contribution < 1.29 is 4.39 Å². The summed E-state index contributed by atoms with van der Waals surface area (Å²) in [5.74, 6) is -0.145. The van der Waals surface area contributed by atoms with Crippen molar-refractivity contribution in [1.82, 2.24) is 9.80 Å². The fourth-order valence-corrected chi connectivity index (χ4v) is 7.15. The summed E-state index contributed by atoms with van der Waals surface area (Å²) in [6.45, 7) is 0.893. The first kappa shape index (κ1) is 27.2. The van der Waals surface area contributed by atoms with Gasteiger partial charge in [-0.3, -0.25) is 4.90 Å². The van der Waals surface area contributed by atoms with Gasteiger partial charge in [-0.25, -0.2) is 4.39 Å². The monoisotopic (exact) mass is 552 g/mol. The molecule has 4 heteroatoms. The van der Waals surface area contributed by atoms with Crippen LogP contribution >= 0.6 is 11.6 Å². The van der Waals surface area contributed by atoms with Crippen molar-refractivity contribution in [3.63, 3.8) is 0 Å². The topological polar surface area (TPSA) is 6.48 Å². The van der Waals surface area contributed by atoms with Gasteiger partial charge in [-0.05, 0) is 117 Å². The molecular weight excluding hydrogens is 515 g/mol. The lowest BCUT2D eigenvalue weighted by Crippen LogP contribution is -2.36. The van der Waals surface area contributed by atoms with Gasteiger partial charge >= 0.3 is 0 Å². The minimum absolute atomic E-state index is 0.145. The predicted octanol–water partition coefficient (Wildman–Crippen LogP) is 8.22. The number of fused-ring (bicyclic) bond motifs is 2. The van der Waals surface area contributed by atoms with Crippen LogP contribution in [-0.4, -0.2) is 43.0 Å². The van der Waals surface area contributed by atoms with Crippen LogP contribution in [0.25, 0.3) is 22.3 Å². The molecule has 2 aliphatic carbocycles. The lowest BCUT2D eigenvalue weighted by atomic mass is 9.81. The van der Waals surface area contributed by atoms with Crippen molar-refractivity contribution in [2.45, 2.75) is 57.2 Å². The van der Waals surface area contributed by atoms with Gasteiger partial charge in [0.1, 0.15) is 5.82 Å². The van der Waals surface area contributed by atoms with E-state index in [4.69, 9.17) is 11.6 Å². The summed E-state index contributed by atoms with van der Waals surface area (Å²) in [5.41, 5.74) is 11.1. The third-order valence-electron chi connectivity index (χ3n) is 9.16. The zero-order chi connectivity index (χ0) is 27.8. The predicted molar refractivity (Wildman–Crippen MR) is 166 cm³/mol. The summed E-state index contributed by atoms with van der Waals surface area (Å²) in [7, 11) is 6.65. The van der Waals surface area contributed by atoms with E-state index in [-0.39, 0.29) is 5.82 Å². The highest BCUT2D eigenvalue weighted by Crippen LogP contribution is 2.38. The Balaban J connectivity index is 1.28. The number of benzene rings is 4. The smallest absolute Gasteiger partial charge is 0.131 e. The molecule has 0 aromatic heterocycles. The second kappa shape index (κ2) is 11.5. The highest BCUT2D eigenvalue weighted by Gasteiger charge is 2.27. The molecule has 40 heavy (non-hydrogen) atoms. The summed E-state index contributed by atoms with van der Waals surface area (Å²) in [6.07, 6.45) is 6.35. The van der Waals surface area contributed by atoms with E-state index in [2.05, 4.69) is 73.4 Å². The van der Waals surface area contributed by atoms with E-state index in [1.165, 1.54) is 39.8 Å². The number of likely N-dealkylation sites (N-methyl/N-ethyl adjacent to an activating group) is 2. The molecule has 0 saturated heterocycles. The number of rotatable bonds is 6. The fraction of sp³-hybridized carbons (Fsp3) is 0.333. The molecule has 0 bridgehead atoms. The van der Waals surface area contributed by atoms with Crippen molar-refractivity contribution in [3.8, 4) is 22.3 Å². The van der Waals surface area contributed by atoms with Crippen molar-refractivity contribution >= 4 is 11.6 Å². The Morgan fingerprint density at radius 2 is 1.35 bits per heavy atom. The van der Waals surface area contributed by atoms with Crippen LogP contribution in [0.1, 0.15) is 40.7 Å². The molecule has 206 valence electrons. The Hall–Kier alpha value is -2.98. The third-order valence-corrected chi connectivity index (χ3v) is 9.48. The SMILES string of the molecule is CN(C)[C@H]1CCc2c(cc(CN(C)[C@H]3CCc4c(cccc4-c4ccccc4F)C3)cc2-c2ccccc2Cl)C1. The molecule has 2 nitrogen and oxygen atoms in total. The molecule has 4 aromatic carbocycles. The molecule has 0 amide bonds. The minimum atomic E-state index is -0.145. The molecule has 0 N–H and O–H groups in total. The first-order valence-electron chi connectivity index (χ1n) is 14.5. The van der Waals surface area contributed by atoms with Gasteiger partial charge in [0.15, 0.2) is 0 Å². The van der Waals surface area contributed by atoms with Crippen LogP contribution in [0.5, 0.6) is 0 Å². The zero-order valence-corrected chi connectivity index (χ0v) is 24.5. The van der Waals surface area contributed by atoms with E-state index in [0.717, 1.165) is 54.8 Å². The molecule has 4 aromatic rings. The average Bonchev–Trinajstić information content (AvgIpc) is 2.96. The molecule has 0 unspecified atom stereocenters. The van der Waals surface area contributed by atoms with Gasteiger partial charge in [0.2, 0.25) is 0 Å². The zero-order valence-electron chi connectivity index (χ0n) is 23.8. The summed E-state index contributed by atoms with van der Waals surface area (Å²) in [4.78, 5) is 4.88. The highest BCUT2D eigenvalue weighted by molar-refractivity contribution is 6.33. The Labute approximate surface area is 243 Å². The van der Waals surface area contributed by atoms with Crippen molar-refractivity contribution in [2.24, 2.45) is 0 Å². The van der Waals surface area contributed by atoms with Gasteiger partial charge < -0.3 is 4.90 Å². The molecule has 2 atom stereocenters. The van der Waals surface area contributed by atoms with Crippen molar-refractivity contribution in [1.29, 1.82) is 0 Å². The summed E-state index contributed by atoms with van der Waals surface area (Å²) < 4.78 is 14.6. The van der Waals surface area contributed by atoms with E-state index in [1.54, 1.807) is 12.1 Å². The maximum absolute atomic E-state index is 14.6. The van der Waals surface area contributed by atoms with E-state index in [1.807, 2.05) is 24.3 Å². The van der Waals surface area contributed by atoms with Crippen LogP contribution in [-0.2, 0) is 32.2 Å². The number of nitrogens with zero attached hydrogens (tertiary/aromatic N) is 2. The average molecular weight is 553 g/mol. The second-order valence-corrected chi connectivity index (χ2v) is 12.3. The Morgan fingerprint density at radius 1 is 0.700 bits per heavy atom. The van der Waals surface area contributed by atoms with E-state index >= 15 is 0 Å². The molecule has 0 spiro atoms. The first-order chi connectivity index (χ1) is 19.4. The van der Waals surface area contributed by atoms with E-state index < -0.39 is 0 Å². The minimum Gasteiger partial charge on any atom is -0.306 e. The van der Waals surface area contributed by atoms with Gasteiger partial charge in [0.25, 0.3) is 0 Å². The van der Waals surface area contributed by atoms with E-state index in [9.17, 15) is 4.39 Å². The van der Waals surface area contributed by atoms with Gasteiger partial charge in [0, 0.05) is 34.8 Å². The molecule has 0 radical (unpaired) electrons. The normalized spacial score (nSPS) is 18.6. The molecule has 2 aliphatic rings. The lowest BCUT2D eigenvalue weighted by Gasteiger charge is -2.35. The summed E-state index contributed by atoms with van der Waals surface area (Å²) in [6, 6.07) is 27.7. The standard InChI is InChI=1S/C36H38ClFN2/c1-39(2)27-15-17-30-26(22-27)19-24(20-34(30)32-10-4-6-13-35(32)37)23-40(3)28-16-18-29-25(21-28)9-8-12-31(29)33-11-5-7-14-36(33)38/h4-14,19-20,27-28H,15-18,21-23H2,1-3H3/t27-,28-/m0/s1. The molecule has 6 rings (SSSR count). The number of hydrogen-bond acceptors (Lipinski definition) is 2. The Bertz CT molecular complexity index is 1530. The van der Waals surface area contributed by atoms with Crippen LogP contribution < -0.4 is 0 Å². The molecule has 0 heterocycles. The van der Waals surface area contributed by atoms with E-state index in [0.29, 0.717) is 17.6 Å². The quantitative estimate of drug-likeness (QED) is 0.238. The van der Waals surface area contributed by atoms with Gasteiger partial charge in [-0.1, -0.05) is 72.3 Å². The van der Waals surface area contributed by atoms with Gasteiger partial charge in [-0.2, -0.15) is 0 Å². The Morgan fingerprint density at radius 3 is 2.10 bits per heavy atom.